The van der Waals surface area contributed by atoms with E-state index in [4.69, 9.17) is 23.8 Å². The number of hydrogen-bond donors (Lipinski definition) is 1. The van der Waals surface area contributed by atoms with E-state index in [1.54, 1.807) is 18.2 Å². The number of carbonyl (C=O) groups excluding carboxylic acids is 2. The highest BCUT2D eigenvalue weighted by atomic mass is 35.5. The van der Waals surface area contributed by atoms with E-state index in [1.165, 1.54) is 22.3 Å². The van der Waals surface area contributed by atoms with E-state index in [9.17, 15) is 9.59 Å². The van der Waals surface area contributed by atoms with Gasteiger partial charge in [0.15, 0.2) is 5.11 Å². The molecule has 4 nitrogen and oxygen atoms in total. The van der Waals surface area contributed by atoms with Crippen molar-refractivity contribution in [2.45, 2.75) is 0 Å². The van der Waals surface area contributed by atoms with Crippen LogP contribution in [0.3, 0.4) is 0 Å². The Bertz CT molecular complexity index is 607. The minimum absolute atomic E-state index is 0.0361. The van der Waals surface area contributed by atoms with Crippen molar-refractivity contribution >= 4 is 58.2 Å². The quantitative estimate of drug-likeness (QED) is 0.403. The van der Waals surface area contributed by atoms with Gasteiger partial charge >= 0.3 is 0 Å². The molecule has 0 aliphatic carbocycles. The van der Waals surface area contributed by atoms with E-state index in [1.807, 2.05) is 0 Å². The number of rotatable bonds is 3. The van der Waals surface area contributed by atoms with E-state index < -0.39 is 11.8 Å². The van der Waals surface area contributed by atoms with Crippen LogP contribution in [0.15, 0.2) is 30.4 Å². The zero-order chi connectivity index (χ0) is 14.0. The number of thiophene rings is 1. The van der Waals surface area contributed by atoms with Crippen molar-refractivity contribution in [1.29, 1.82) is 0 Å². The van der Waals surface area contributed by atoms with E-state index in [-0.39, 0.29) is 17.2 Å². The highest BCUT2D eigenvalue weighted by Crippen LogP contribution is 2.24. The number of hydrogen-bond acceptors (Lipinski definition) is 4. The van der Waals surface area contributed by atoms with Crippen molar-refractivity contribution in [3.8, 4) is 0 Å². The van der Waals surface area contributed by atoms with Crippen LogP contribution in [-0.4, -0.2) is 28.4 Å². The summed E-state index contributed by atoms with van der Waals surface area (Å²) in [6, 6.07) is 3.45. The summed E-state index contributed by atoms with van der Waals surface area (Å²) in [5.41, 5.74) is 0.0361. The third-order valence-corrected chi connectivity index (χ3v) is 3.88. The molecule has 1 saturated heterocycles. The minimum atomic E-state index is -0.500. The molecule has 1 N–H and O–H groups in total. The largest absolute Gasteiger partial charge is 0.298 e. The van der Waals surface area contributed by atoms with Gasteiger partial charge < -0.3 is 0 Å². The molecule has 7 heteroatoms. The van der Waals surface area contributed by atoms with Gasteiger partial charge in [-0.3, -0.25) is 19.8 Å². The molecule has 0 spiro atoms. The summed E-state index contributed by atoms with van der Waals surface area (Å²) in [6.07, 6.45) is 3.05. The van der Waals surface area contributed by atoms with E-state index in [0.29, 0.717) is 4.34 Å². The fourth-order valence-corrected chi connectivity index (χ4v) is 2.79. The highest BCUT2D eigenvalue weighted by Gasteiger charge is 2.32. The fourth-order valence-electron chi connectivity index (χ4n) is 1.54. The van der Waals surface area contributed by atoms with Crippen LogP contribution in [0.25, 0.3) is 6.08 Å². The van der Waals surface area contributed by atoms with Gasteiger partial charge in [-0.05, 0) is 30.4 Å². The molecule has 2 rings (SSSR count). The predicted octanol–water partition coefficient (Wildman–Crippen LogP) is 2.21. The first-order valence-corrected chi connectivity index (χ1v) is 6.88. The van der Waals surface area contributed by atoms with E-state index in [0.717, 1.165) is 4.88 Å². The Labute approximate surface area is 124 Å². The molecule has 2 heterocycles. The maximum Gasteiger partial charge on any atom is 0.265 e. The molecule has 1 aromatic rings. The average molecular weight is 313 g/mol. The van der Waals surface area contributed by atoms with E-state index in [2.05, 4.69) is 11.9 Å². The van der Waals surface area contributed by atoms with Crippen LogP contribution in [0.1, 0.15) is 4.88 Å². The lowest BCUT2D eigenvalue weighted by atomic mass is 10.1. The van der Waals surface area contributed by atoms with Gasteiger partial charge in [-0.1, -0.05) is 17.7 Å². The molecular formula is C12H9ClN2O2S2. The summed E-state index contributed by atoms with van der Waals surface area (Å²) >= 11 is 12.0. The van der Waals surface area contributed by atoms with Gasteiger partial charge in [-0.2, -0.15) is 0 Å². The summed E-state index contributed by atoms with van der Waals surface area (Å²) in [6.45, 7) is 3.80. The van der Waals surface area contributed by atoms with Crippen molar-refractivity contribution in [1.82, 2.24) is 10.2 Å². The normalized spacial score (nSPS) is 17.8. The van der Waals surface area contributed by atoms with Gasteiger partial charge in [-0.15, -0.1) is 17.9 Å². The van der Waals surface area contributed by atoms with Crippen molar-refractivity contribution in [2.75, 3.05) is 6.54 Å². The number of carbonyl (C=O) groups is 2. The summed E-state index contributed by atoms with van der Waals surface area (Å²) in [7, 11) is 0. The lowest BCUT2D eigenvalue weighted by molar-refractivity contribution is -0.128. The Kier molecular flexibility index (Phi) is 4.14. The van der Waals surface area contributed by atoms with Crippen LogP contribution in [0.4, 0.5) is 0 Å². The van der Waals surface area contributed by atoms with Crippen LogP contribution in [-0.2, 0) is 9.59 Å². The average Bonchev–Trinajstić information content (AvgIpc) is 2.76. The molecule has 1 fully saturated rings. The lowest BCUT2D eigenvalue weighted by Gasteiger charge is -2.27. The Morgan fingerprint density at radius 1 is 1.47 bits per heavy atom. The molecule has 0 radical (unpaired) electrons. The Hall–Kier alpha value is -1.50. The summed E-state index contributed by atoms with van der Waals surface area (Å²) < 4.78 is 0.592. The van der Waals surface area contributed by atoms with Crippen LogP contribution < -0.4 is 5.32 Å². The number of halogens is 1. The number of thiocarbonyl (C=S) groups is 1. The molecule has 0 atom stereocenters. The van der Waals surface area contributed by atoms with Crippen LogP contribution >= 0.6 is 35.2 Å². The second-order valence-corrected chi connectivity index (χ2v) is 5.80. The molecule has 0 saturated carbocycles. The monoisotopic (exact) mass is 312 g/mol. The Balaban J connectivity index is 2.35. The predicted molar refractivity (Wildman–Crippen MR) is 80.0 cm³/mol. The number of nitrogens with zero attached hydrogens (tertiary/aromatic N) is 1. The van der Waals surface area contributed by atoms with Crippen molar-refractivity contribution < 1.29 is 9.59 Å². The number of nitrogens with one attached hydrogen (secondary N) is 1. The first-order valence-electron chi connectivity index (χ1n) is 5.28. The van der Waals surface area contributed by atoms with Gasteiger partial charge in [-0.25, -0.2) is 0 Å². The van der Waals surface area contributed by atoms with Gasteiger partial charge in [0.2, 0.25) is 0 Å². The molecule has 1 aromatic heterocycles. The standard InChI is InChI=1S/C12H9ClN2O2S2/c1-2-5-15-11(17)8(10(16)14-12(15)18)6-7-3-4-9(13)19-7/h2-4,6H,1,5H2,(H,14,16,18)/b8-6+. The zero-order valence-corrected chi connectivity index (χ0v) is 12.1. The third kappa shape index (κ3) is 2.91. The zero-order valence-electron chi connectivity index (χ0n) is 9.68. The fraction of sp³-hybridized carbons (Fsp3) is 0.0833. The Morgan fingerprint density at radius 3 is 2.79 bits per heavy atom. The first-order chi connectivity index (χ1) is 9.02. The van der Waals surface area contributed by atoms with Crippen LogP contribution in [0, 0.1) is 0 Å². The summed E-state index contributed by atoms with van der Waals surface area (Å²) in [5, 5.41) is 2.57. The Morgan fingerprint density at radius 2 is 2.21 bits per heavy atom. The maximum atomic E-state index is 12.2. The summed E-state index contributed by atoms with van der Waals surface area (Å²) in [4.78, 5) is 26.0. The molecular weight excluding hydrogens is 304 g/mol. The highest BCUT2D eigenvalue weighted by molar-refractivity contribution is 7.80. The third-order valence-electron chi connectivity index (χ3n) is 2.38. The van der Waals surface area contributed by atoms with Gasteiger partial charge in [0, 0.05) is 11.4 Å². The van der Waals surface area contributed by atoms with Gasteiger partial charge in [0.05, 0.1) is 4.34 Å². The minimum Gasteiger partial charge on any atom is -0.298 e. The van der Waals surface area contributed by atoms with Crippen molar-refractivity contribution in [3.63, 3.8) is 0 Å². The SMILES string of the molecule is C=CCN1C(=O)/C(=C/c2ccc(Cl)s2)C(=O)NC1=S. The molecule has 1 aliphatic rings. The molecule has 2 amide bonds. The van der Waals surface area contributed by atoms with Crippen LogP contribution in [0.2, 0.25) is 4.34 Å². The molecule has 1 aliphatic heterocycles. The molecule has 19 heavy (non-hydrogen) atoms. The smallest absolute Gasteiger partial charge is 0.265 e. The van der Waals surface area contributed by atoms with Crippen molar-refractivity contribution in [3.05, 3.63) is 39.6 Å². The number of amides is 2. The topological polar surface area (TPSA) is 49.4 Å². The molecule has 0 aromatic carbocycles. The second kappa shape index (κ2) is 5.64. The maximum absolute atomic E-state index is 12.2. The summed E-state index contributed by atoms with van der Waals surface area (Å²) in [5.74, 6) is -0.932. The molecule has 0 bridgehead atoms. The first kappa shape index (κ1) is 13.9. The van der Waals surface area contributed by atoms with Crippen LogP contribution in [0.5, 0.6) is 0 Å². The lowest BCUT2D eigenvalue weighted by Crippen LogP contribution is -2.53. The van der Waals surface area contributed by atoms with E-state index >= 15 is 0 Å². The van der Waals surface area contributed by atoms with Crippen molar-refractivity contribution in [2.24, 2.45) is 0 Å². The second-order valence-electron chi connectivity index (χ2n) is 3.66. The van der Waals surface area contributed by atoms with Gasteiger partial charge in [0.1, 0.15) is 5.57 Å². The molecule has 98 valence electrons. The molecule has 0 unspecified atom stereocenters. The van der Waals surface area contributed by atoms with Gasteiger partial charge in [0.25, 0.3) is 11.8 Å².